The van der Waals surface area contributed by atoms with E-state index >= 15 is 0 Å². The molecule has 4 heteroatoms. The van der Waals surface area contributed by atoms with Crippen molar-refractivity contribution in [2.24, 2.45) is 0 Å². The van der Waals surface area contributed by atoms with E-state index in [1.807, 2.05) is 19.9 Å². The summed E-state index contributed by atoms with van der Waals surface area (Å²) in [6.45, 7) is 4.50. The number of aryl methyl sites for hydroxylation is 2. The third-order valence-electron chi connectivity index (χ3n) is 3.55. The van der Waals surface area contributed by atoms with Gasteiger partial charge in [-0.2, -0.15) is 0 Å². The van der Waals surface area contributed by atoms with Gasteiger partial charge in [0, 0.05) is 11.9 Å². The summed E-state index contributed by atoms with van der Waals surface area (Å²) >= 11 is 6.26. The summed E-state index contributed by atoms with van der Waals surface area (Å²) in [6.07, 6.45) is 0. The lowest BCUT2D eigenvalue weighted by Crippen LogP contribution is -2.02. The molecule has 0 atom stereocenters. The lowest BCUT2D eigenvalue weighted by atomic mass is 10.1. The largest absolute Gasteiger partial charge is 0.366 e. The first-order chi connectivity index (χ1) is 10.5. The second kappa shape index (κ2) is 5.93. The second-order valence-corrected chi connectivity index (χ2v) is 5.88. The molecule has 1 aromatic heterocycles. The first-order valence-electron chi connectivity index (χ1n) is 7.09. The molecule has 0 amide bonds. The molecule has 112 valence electrons. The molecule has 0 aliphatic heterocycles. The third-order valence-corrected chi connectivity index (χ3v) is 3.87. The van der Waals surface area contributed by atoms with Crippen LogP contribution >= 0.6 is 11.6 Å². The van der Waals surface area contributed by atoms with Crippen molar-refractivity contribution in [1.82, 2.24) is 4.98 Å². The summed E-state index contributed by atoms with van der Waals surface area (Å²) in [7, 11) is 0. The first kappa shape index (κ1) is 14.8. The van der Waals surface area contributed by atoms with Crippen LogP contribution in [0.2, 0.25) is 5.02 Å². The Morgan fingerprint density at radius 1 is 1.05 bits per heavy atom. The summed E-state index contributed by atoms with van der Waals surface area (Å²) < 4.78 is 14.1. The lowest BCUT2D eigenvalue weighted by molar-refractivity contribution is 0.636. The van der Waals surface area contributed by atoms with Gasteiger partial charge in [0.05, 0.1) is 5.02 Å². The van der Waals surface area contributed by atoms with E-state index in [1.165, 1.54) is 11.6 Å². The Morgan fingerprint density at radius 2 is 1.77 bits per heavy atom. The van der Waals surface area contributed by atoms with Gasteiger partial charge in [-0.05, 0) is 43.2 Å². The number of benzene rings is 2. The fourth-order valence-corrected chi connectivity index (χ4v) is 2.62. The summed E-state index contributed by atoms with van der Waals surface area (Å²) in [5.74, 6) is 0.219. The van der Waals surface area contributed by atoms with Crippen molar-refractivity contribution in [3.63, 3.8) is 0 Å². The van der Waals surface area contributed by atoms with Gasteiger partial charge in [-0.15, -0.1) is 0 Å². The van der Waals surface area contributed by atoms with E-state index in [2.05, 4.69) is 34.6 Å². The van der Waals surface area contributed by atoms with Crippen LogP contribution in [0.4, 0.5) is 10.2 Å². The van der Waals surface area contributed by atoms with E-state index in [0.717, 1.165) is 11.1 Å². The van der Waals surface area contributed by atoms with Crippen molar-refractivity contribution >= 4 is 28.3 Å². The molecular formula is C18H16ClFN2. The Labute approximate surface area is 134 Å². The number of hydrogen-bond acceptors (Lipinski definition) is 2. The molecule has 0 aliphatic carbocycles. The first-order valence-corrected chi connectivity index (χ1v) is 7.46. The SMILES string of the molecule is Cc1ccc(CNc2cc(Cl)c3cc(C)cc(F)c3n2)cc1. The zero-order valence-electron chi connectivity index (χ0n) is 12.5. The summed E-state index contributed by atoms with van der Waals surface area (Å²) in [5, 5.41) is 4.33. The topological polar surface area (TPSA) is 24.9 Å². The van der Waals surface area contributed by atoms with Gasteiger partial charge in [-0.3, -0.25) is 0 Å². The molecule has 1 heterocycles. The van der Waals surface area contributed by atoms with Crippen molar-refractivity contribution in [1.29, 1.82) is 0 Å². The smallest absolute Gasteiger partial charge is 0.149 e. The van der Waals surface area contributed by atoms with Gasteiger partial charge in [0.1, 0.15) is 17.2 Å². The molecule has 22 heavy (non-hydrogen) atoms. The number of halogens is 2. The predicted octanol–water partition coefficient (Wildman–Crippen LogP) is 5.26. The highest BCUT2D eigenvalue weighted by Crippen LogP contribution is 2.28. The van der Waals surface area contributed by atoms with E-state index in [0.29, 0.717) is 28.3 Å². The second-order valence-electron chi connectivity index (χ2n) is 5.47. The number of aromatic nitrogens is 1. The number of pyridine rings is 1. The molecule has 0 spiro atoms. The maximum absolute atomic E-state index is 14.1. The molecular weight excluding hydrogens is 299 g/mol. The van der Waals surface area contributed by atoms with Crippen LogP contribution < -0.4 is 5.32 Å². The highest BCUT2D eigenvalue weighted by Gasteiger charge is 2.09. The minimum atomic E-state index is -0.351. The third kappa shape index (κ3) is 3.04. The molecule has 0 bridgehead atoms. The summed E-state index contributed by atoms with van der Waals surface area (Å²) in [5.41, 5.74) is 3.47. The molecule has 3 aromatic rings. The van der Waals surface area contributed by atoms with Gasteiger partial charge in [0.25, 0.3) is 0 Å². The molecule has 2 nitrogen and oxygen atoms in total. The van der Waals surface area contributed by atoms with Crippen LogP contribution in [0.1, 0.15) is 16.7 Å². The fraction of sp³-hybridized carbons (Fsp3) is 0.167. The highest BCUT2D eigenvalue weighted by molar-refractivity contribution is 6.35. The number of fused-ring (bicyclic) bond motifs is 1. The zero-order chi connectivity index (χ0) is 15.7. The minimum Gasteiger partial charge on any atom is -0.366 e. The molecule has 0 radical (unpaired) electrons. The number of hydrogen-bond donors (Lipinski definition) is 1. The van der Waals surface area contributed by atoms with Crippen molar-refractivity contribution in [2.45, 2.75) is 20.4 Å². The Hall–Kier alpha value is -2.13. The minimum absolute atomic E-state index is 0.296. The van der Waals surface area contributed by atoms with E-state index in [1.54, 1.807) is 6.07 Å². The standard InChI is InChI=1S/C18H16ClFN2/c1-11-3-5-13(6-4-11)10-21-17-9-15(19)14-7-12(2)8-16(20)18(14)22-17/h3-9H,10H2,1-2H3,(H,21,22). The number of nitrogens with zero attached hydrogens (tertiary/aromatic N) is 1. The van der Waals surface area contributed by atoms with E-state index in [-0.39, 0.29) is 5.82 Å². The van der Waals surface area contributed by atoms with Crippen molar-refractivity contribution in [2.75, 3.05) is 5.32 Å². The molecule has 0 saturated heterocycles. The van der Waals surface area contributed by atoms with E-state index in [9.17, 15) is 4.39 Å². The van der Waals surface area contributed by atoms with Gasteiger partial charge in [0.2, 0.25) is 0 Å². The van der Waals surface area contributed by atoms with E-state index < -0.39 is 0 Å². The molecule has 1 N–H and O–H groups in total. The van der Waals surface area contributed by atoms with Crippen LogP contribution in [0.25, 0.3) is 10.9 Å². The van der Waals surface area contributed by atoms with Gasteiger partial charge in [0.15, 0.2) is 0 Å². The number of anilines is 1. The van der Waals surface area contributed by atoms with Crippen LogP contribution in [0.15, 0.2) is 42.5 Å². The fourth-order valence-electron chi connectivity index (χ4n) is 2.37. The van der Waals surface area contributed by atoms with E-state index in [4.69, 9.17) is 11.6 Å². The monoisotopic (exact) mass is 314 g/mol. The maximum Gasteiger partial charge on any atom is 0.149 e. The maximum atomic E-state index is 14.1. The normalized spacial score (nSPS) is 10.9. The molecule has 0 fully saturated rings. The molecule has 0 aliphatic rings. The van der Waals surface area contributed by atoms with Crippen molar-refractivity contribution in [3.8, 4) is 0 Å². The zero-order valence-corrected chi connectivity index (χ0v) is 13.2. The van der Waals surface area contributed by atoms with Crippen molar-refractivity contribution in [3.05, 3.63) is 70.0 Å². The van der Waals surface area contributed by atoms with Gasteiger partial charge < -0.3 is 5.32 Å². The average molecular weight is 315 g/mol. The average Bonchev–Trinajstić information content (AvgIpc) is 2.48. The van der Waals surface area contributed by atoms with Crippen LogP contribution in [0.5, 0.6) is 0 Å². The Balaban J connectivity index is 1.90. The van der Waals surface area contributed by atoms with Crippen molar-refractivity contribution < 1.29 is 4.39 Å². The summed E-state index contributed by atoms with van der Waals surface area (Å²) in [4.78, 5) is 4.34. The van der Waals surface area contributed by atoms with Gasteiger partial charge in [-0.1, -0.05) is 41.4 Å². The van der Waals surface area contributed by atoms with Crippen LogP contribution in [0.3, 0.4) is 0 Å². The Morgan fingerprint density at radius 3 is 2.50 bits per heavy atom. The highest BCUT2D eigenvalue weighted by atomic mass is 35.5. The van der Waals surface area contributed by atoms with Crippen LogP contribution in [-0.2, 0) is 6.54 Å². The Kier molecular flexibility index (Phi) is 3.99. The van der Waals surface area contributed by atoms with Gasteiger partial charge in [-0.25, -0.2) is 9.37 Å². The number of rotatable bonds is 3. The van der Waals surface area contributed by atoms with Crippen LogP contribution in [0, 0.1) is 19.7 Å². The molecule has 0 unspecified atom stereocenters. The predicted molar refractivity (Wildman–Crippen MR) is 90.0 cm³/mol. The molecule has 0 saturated carbocycles. The Bertz CT molecular complexity index is 829. The van der Waals surface area contributed by atoms with Gasteiger partial charge >= 0.3 is 0 Å². The molecule has 3 rings (SSSR count). The lowest BCUT2D eigenvalue weighted by Gasteiger charge is -2.10. The quantitative estimate of drug-likeness (QED) is 0.713. The number of nitrogens with one attached hydrogen (secondary N) is 1. The molecule has 2 aromatic carbocycles. The van der Waals surface area contributed by atoms with Crippen LogP contribution in [-0.4, -0.2) is 4.98 Å². The summed E-state index contributed by atoms with van der Waals surface area (Å²) in [6, 6.07) is 13.3.